The first kappa shape index (κ1) is 18.9. The van der Waals surface area contributed by atoms with E-state index in [1.54, 1.807) is 12.3 Å². The molecule has 2 heterocycles. The van der Waals surface area contributed by atoms with Gasteiger partial charge in [-0.2, -0.15) is 0 Å². The number of pyridine rings is 2. The Morgan fingerprint density at radius 3 is 2.40 bits per heavy atom. The maximum Gasteiger partial charge on any atom is 0.270 e. The zero-order valence-corrected chi connectivity index (χ0v) is 15.4. The van der Waals surface area contributed by atoms with Crippen molar-refractivity contribution in [3.63, 3.8) is 0 Å². The third kappa shape index (κ3) is 5.83. The third-order valence-corrected chi connectivity index (χ3v) is 3.88. The summed E-state index contributed by atoms with van der Waals surface area (Å²) in [7, 11) is 0. The molecule has 0 fully saturated rings. The van der Waals surface area contributed by atoms with Crippen LogP contribution in [0, 0.1) is 0 Å². The minimum Gasteiger partial charge on any atom is -0.349 e. The van der Waals surface area contributed by atoms with E-state index in [0.29, 0.717) is 36.0 Å². The van der Waals surface area contributed by atoms with E-state index in [4.69, 9.17) is 0 Å². The molecule has 1 amide bonds. The van der Waals surface area contributed by atoms with Crippen molar-refractivity contribution in [2.45, 2.75) is 39.8 Å². The summed E-state index contributed by atoms with van der Waals surface area (Å²) in [4.78, 5) is 23.2. The molecule has 0 aromatic carbocycles. The number of nitrogens with zero attached hydrogens (tertiary/aromatic N) is 3. The lowest BCUT2D eigenvalue weighted by atomic mass is 10.2. The predicted octanol–water partition coefficient (Wildman–Crippen LogP) is 3.07. The lowest BCUT2D eigenvalue weighted by Crippen LogP contribution is -2.42. The Balaban J connectivity index is 1.92. The van der Waals surface area contributed by atoms with Crippen LogP contribution < -0.4 is 10.6 Å². The second-order valence-electron chi connectivity index (χ2n) is 6.43. The van der Waals surface area contributed by atoms with Crippen LogP contribution in [0.4, 0.5) is 11.6 Å². The van der Waals surface area contributed by atoms with Crippen LogP contribution in [-0.2, 0) is 0 Å². The Morgan fingerprint density at radius 1 is 1.04 bits per heavy atom. The molecule has 0 aliphatic carbocycles. The van der Waals surface area contributed by atoms with Crippen molar-refractivity contribution in [3.05, 3.63) is 48.3 Å². The SMILES string of the molecule is CC(C)N(CCNC(=O)c1cccc(Nc2ccccn2)n1)C(C)C. The highest BCUT2D eigenvalue weighted by molar-refractivity contribution is 5.92. The molecule has 2 rings (SSSR count). The molecule has 0 bridgehead atoms. The Labute approximate surface area is 149 Å². The average Bonchev–Trinajstić information content (AvgIpc) is 2.59. The minimum absolute atomic E-state index is 0.169. The highest BCUT2D eigenvalue weighted by atomic mass is 16.1. The second-order valence-corrected chi connectivity index (χ2v) is 6.43. The average molecular weight is 341 g/mol. The van der Waals surface area contributed by atoms with Crippen LogP contribution in [0.3, 0.4) is 0 Å². The molecule has 0 saturated heterocycles. The van der Waals surface area contributed by atoms with Gasteiger partial charge in [0.15, 0.2) is 0 Å². The largest absolute Gasteiger partial charge is 0.349 e. The van der Waals surface area contributed by atoms with Gasteiger partial charge in [0.25, 0.3) is 5.91 Å². The fourth-order valence-corrected chi connectivity index (χ4v) is 2.70. The molecule has 0 unspecified atom stereocenters. The Morgan fingerprint density at radius 2 is 1.76 bits per heavy atom. The Kier molecular flexibility index (Phi) is 6.89. The zero-order chi connectivity index (χ0) is 18.2. The summed E-state index contributed by atoms with van der Waals surface area (Å²) >= 11 is 0. The summed E-state index contributed by atoms with van der Waals surface area (Å²) in [5, 5.41) is 6.04. The number of aromatic nitrogens is 2. The minimum atomic E-state index is -0.169. The molecule has 2 N–H and O–H groups in total. The molecule has 134 valence electrons. The van der Waals surface area contributed by atoms with Gasteiger partial charge in [0, 0.05) is 31.4 Å². The van der Waals surface area contributed by atoms with E-state index in [1.807, 2.05) is 30.3 Å². The van der Waals surface area contributed by atoms with Crippen LogP contribution in [0.1, 0.15) is 38.2 Å². The standard InChI is InChI=1S/C19H27N5O/c1-14(2)24(15(3)4)13-12-21-19(25)16-8-7-10-18(22-16)23-17-9-5-6-11-20-17/h5-11,14-15H,12-13H2,1-4H3,(H,21,25)(H,20,22,23). The van der Waals surface area contributed by atoms with Gasteiger partial charge in [-0.25, -0.2) is 9.97 Å². The number of nitrogens with one attached hydrogen (secondary N) is 2. The lowest BCUT2D eigenvalue weighted by Gasteiger charge is -2.30. The van der Waals surface area contributed by atoms with E-state index < -0.39 is 0 Å². The van der Waals surface area contributed by atoms with Gasteiger partial charge in [0.1, 0.15) is 17.3 Å². The first-order valence-electron chi connectivity index (χ1n) is 8.66. The fraction of sp³-hybridized carbons (Fsp3) is 0.421. The van der Waals surface area contributed by atoms with Crippen LogP contribution in [0.2, 0.25) is 0 Å². The molecule has 0 saturated carbocycles. The third-order valence-electron chi connectivity index (χ3n) is 3.88. The Hall–Kier alpha value is -2.47. The molecule has 2 aromatic heterocycles. The molecular weight excluding hydrogens is 314 g/mol. The summed E-state index contributed by atoms with van der Waals surface area (Å²) in [6.45, 7) is 10.1. The Bertz CT molecular complexity index is 665. The molecule has 0 atom stereocenters. The van der Waals surface area contributed by atoms with Crippen LogP contribution in [0.5, 0.6) is 0 Å². The first-order valence-corrected chi connectivity index (χ1v) is 8.66. The molecule has 0 aliphatic heterocycles. The quantitative estimate of drug-likeness (QED) is 0.772. The molecule has 2 aromatic rings. The lowest BCUT2D eigenvalue weighted by molar-refractivity contribution is 0.0934. The van der Waals surface area contributed by atoms with Crippen molar-refractivity contribution in [1.82, 2.24) is 20.2 Å². The maximum absolute atomic E-state index is 12.3. The summed E-state index contributed by atoms with van der Waals surface area (Å²) < 4.78 is 0. The number of rotatable bonds is 8. The number of hydrogen-bond donors (Lipinski definition) is 2. The van der Waals surface area contributed by atoms with Gasteiger partial charge in [-0.15, -0.1) is 0 Å². The summed E-state index contributed by atoms with van der Waals surface area (Å²) in [5.74, 6) is 1.12. The number of amides is 1. The molecule has 6 nitrogen and oxygen atoms in total. The molecular formula is C19H27N5O. The van der Waals surface area contributed by atoms with Gasteiger partial charge >= 0.3 is 0 Å². The van der Waals surface area contributed by atoms with Crippen LogP contribution in [-0.4, -0.2) is 45.9 Å². The van der Waals surface area contributed by atoms with Gasteiger partial charge in [-0.3, -0.25) is 9.69 Å². The smallest absolute Gasteiger partial charge is 0.270 e. The zero-order valence-electron chi connectivity index (χ0n) is 15.4. The van der Waals surface area contributed by atoms with Gasteiger partial charge in [-0.05, 0) is 52.0 Å². The van der Waals surface area contributed by atoms with E-state index >= 15 is 0 Å². The van der Waals surface area contributed by atoms with E-state index in [-0.39, 0.29) is 5.91 Å². The topological polar surface area (TPSA) is 70.2 Å². The first-order chi connectivity index (χ1) is 12.0. The van der Waals surface area contributed by atoms with Crippen molar-refractivity contribution in [3.8, 4) is 0 Å². The molecule has 0 aliphatic rings. The number of carbonyl (C=O) groups is 1. The van der Waals surface area contributed by atoms with E-state index in [1.165, 1.54) is 0 Å². The molecule has 0 radical (unpaired) electrons. The van der Waals surface area contributed by atoms with Gasteiger partial charge in [0.2, 0.25) is 0 Å². The second kappa shape index (κ2) is 9.13. The molecule has 6 heteroatoms. The molecule has 0 spiro atoms. The van der Waals surface area contributed by atoms with Crippen molar-refractivity contribution in [2.75, 3.05) is 18.4 Å². The highest BCUT2D eigenvalue weighted by Gasteiger charge is 2.14. The highest BCUT2D eigenvalue weighted by Crippen LogP contribution is 2.11. The van der Waals surface area contributed by atoms with Crippen molar-refractivity contribution >= 4 is 17.5 Å². The van der Waals surface area contributed by atoms with Crippen LogP contribution in [0.15, 0.2) is 42.6 Å². The number of hydrogen-bond acceptors (Lipinski definition) is 5. The van der Waals surface area contributed by atoms with E-state index in [9.17, 15) is 4.79 Å². The predicted molar refractivity (Wildman–Crippen MR) is 101 cm³/mol. The van der Waals surface area contributed by atoms with Gasteiger partial charge in [-0.1, -0.05) is 12.1 Å². The van der Waals surface area contributed by atoms with Crippen LogP contribution in [0.25, 0.3) is 0 Å². The summed E-state index contributed by atoms with van der Waals surface area (Å²) in [5.41, 5.74) is 0.390. The molecule has 25 heavy (non-hydrogen) atoms. The normalized spacial score (nSPS) is 11.2. The van der Waals surface area contributed by atoms with Crippen molar-refractivity contribution in [1.29, 1.82) is 0 Å². The number of anilines is 2. The van der Waals surface area contributed by atoms with E-state index in [0.717, 1.165) is 6.54 Å². The summed E-state index contributed by atoms with van der Waals surface area (Å²) in [6.07, 6.45) is 1.70. The van der Waals surface area contributed by atoms with Crippen LogP contribution >= 0.6 is 0 Å². The van der Waals surface area contributed by atoms with E-state index in [2.05, 4.69) is 53.2 Å². The van der Waals surface area contributed by atoms with Gasteiger partial charge < -0.3 is 10.6 Å². The number of carbonyl (C=O) groups excluding carboxylic acids is 1. The fourth-order valence-electron chi connectivity index (χ4n) is 2.70. The summed E-state index contributed by atoms with van der Waals surface area (Å²) in [6, 6.07) is 11.8. The maximum atomic E-state index is 12.3. The van der Waals surface area contributed by atoms with Crippen molar-refractivity contribution < 1.29 is 4.79 Å². The van der Waals surface area contributed by atoms with Gasteiger partial charge in [0.05, 0.1) is 0 Å². The van der Waals surface area contributed by atoms with Crippen molar-refractivity contribution in [2.24, 2.45) is 0 Å². The monoisotopic (exact) mass is 341 g/mol.